The number of hydrogen-bond acceptors (Lipinski definition) is 4. The summed E-state index contributed by atoms with van der Waals surface area (Å²) < 4.78 is 23.3. The minimum Gasteiger partial charge on any atom is -0.351 e. The monoisotopic (exact) mass is 386 g/mol. The van der Waals surface area contributed by atoms with Crippen molar-refractivity contribution in [2.24, 2.45) is 0 Å². The molecule has 1 aromatic rings. The molecule has 8 heteroatoms. The fourth-order valence-corrected chi connectivity index (χ4v) is 4.89. The SMILES string of the molecule is CCCN(C(=O)CCNC(=O)c1ccccc1Cl)C1CCS(=O)(=O)C1. The first kappa shape index (κ1) is 19.7. The zero-order valence-electron chi connectivity index (χ0n) is 14.2. The summed E-state index contributed by atoms with van der Waals surface area (Å²) in [5, 5.41) is 3.04. The average Bonchev–Trinajstić information content (AvgIpc) is 2.92. The fraction of sp³-hybridized carbons (Fsp3) is 0.529. The van der Waals surface area contributed by atoms with Crippen LogP contribution in [0.3, 0.4) is 0 Å². The van der Waals surface area contributed by atoms with Crippen LogP contribution in [-0.4, -0.2) is 55.8 Å². The van der Waals surface area contributed by atoms with Crippen LogP contribution in [0.15, 0.2) is 24.3 Å². The molecule has 2 amide bonds. The number of rotatable bonds is 7. The van der Waals surface area contributed by atoms with Gasteiger partial charge in [-0.2, -0.15) is 0 Å². The van der Waals surface area contributed by atoms with Crippen LogP contribution in [0.5, 0.6) is 0 Å². The van der Waals surface area contributed by atoms with E-state index in [0.29, 0.717) is 23.6 Å². The Morgan fingerprint density at radius 3 is 2.64 bits per heavy atom. The molecule has 0 bridgehead atoms. The highest BCUT2D eigenvalue weighted by Gasteiger charge is 2.33. The van der Waals surface area contributed by atoms with E-state index in [1.807, 2.05) is 6.92 Å². The number of hydrogen-bond donors (Lipinski definition) is 1. The second-order valence-corrected chi connectivity index (χ2v) is 8.77. The summed E-state index contributed by atoms with van der Waals surface area (Å²) in [4.78, 5) is 26.2. The molecule has 1 aromatic carbocycles. The van der Waals surface area contributed by atoms with Crippen molar-refractivity contribution in [2.75, 3.05) is 24.6 Å². The van der Waals surface area contributed by atoms with Crippen LogP contribution in [-0.2, 0) is 14.6 Å². The van der Waals surface area contributed by atoms with E-state index in [1.165, 1.54) is 0 Å². The van der Waals surface area contributed by atoms with Gasteiger partial charge in [-0.1, -0.05) is 30.7 Å². The van der Waals surface area contributed by atoms with Crippen LogP contribution >= 0.6 is 11.6 Å². The molecule has 0 aromatic heterocycles. The van der Waals surface area contributed by atoms with E-state index in [4.69, 9.17) is 11.6 Å². The summed E-state index contributed by atoms with van der Waals surface area (Å²) >= 11 is 5.97. The molecule has 138 valence electrons. The Morgan fingerprint density at radius 1 is 1.32 bits per heavy atom. The van der Waals surface area contributed by atoms with Gasteiger partial charge in [0.25, 0.3) is 5.91 Å². The van der Waals surface area contributed by atoms with Crippen molar-refractivity contribution in [1.29, 1.82) is 0 Å². The molecule has 25 heavy (non-hydrogen) atoms. The van der Waals surface area contributed by atoms with E-state index in [2.05, 4.69) is 5.32 Å². The molecular formula is C17H23ClN2O4S. The van der Waals surface area contributed by atoms with Crippen molar-refractivity contribution in [2.45, 2.75) is 32.2 Å². The zero-order chi connectivity index (χ0) is 18.4. The summed E-state index contributed by atoms with van der Waals surface area (Å²) in [7, 11) is -3.05. The van der Waals surface area contributed by atoms with Gasteiger partial charge in [-0.15, -0.1) is 0 Å². The molecule has 1 aliphatic heterocycles. The van der Waals surface area contributed by atoms with Gasteiger partial charge in [0, 0.05) is 25.6 Å². The number of carbonyl (C=O) groups is 2. The summed E-state index contributed by atoms with van der Waals surface area (Å²) in [5.41, 5.74) is 0.365. The summed E-state index contributed by atoms with van der Waals surface area (Å²) in [6.45, 7) is 2.66. The molecular weight excluding hydrogens is 364 g/mol. The maximum atomic E-state index is 12.5. The van der Waals surface area contributed by atoms with Crippen LogP contribution in [0.1, 0.15) is 36.5 Å². The number of carbonyl (C=O) groups excluding carboxylic acids is 2. The molecule has 1 heterocycles. The average molecular weight is 387 g/mol. The van der Waals surface area contributed by atoms with Crippen LogP contribution in [0.2, 0.25) is 5.02 Å². The Hall–Kier alpha value is -1.60. The van der Waals surface area contributed by atoms with Crippen molar-refractivity contribution in [3.05, 3.63) is 34.9 Å². The first-order valence-corrected chi connectivity index (χ1v) is 10.6. The largest absolute Gasteiger partial charge is 0.351 e. The number of nitrogens with one attached hydrogen (secondary N) is 1. The third kappa shape index (κ3) is 5.44. The van der Waals surface area contributed by atoms with Gasteiger partial charge in [-0.25, -0.2) is 8.42 Å². The van der Waals surface area contributed by atoms with Gasteiger partial charge in [-0.05, 0) is 25.0 Å². The molecule has 0 saturated carbocycles. The minimum atomic E-state index is -3.05. The molecule has 1 fully saturated rings. The summed E-state index contributed by atoms with van der Waals surface area (Å²) in [5.74, 6) is -0.300. The van der Waals surface area contributed by atoms with E-state index in [-0.39, 0.29) is 42.3 Å². The van der Waals surface area contributed by atoms with Crippen LogP contribution in [0.4, 0.5) is 0 Å². The van der Waals surface area contributed by atoms with E-state index in [9.17, 15) is 18.0 Å². The molecule has 0 radical (unpaired) electrons. The predicted molar refractivity (Wildman–Crippen MR) is 97.5 cm³/mol. The van der Waals surface area contributed by atoms with Crippen molar-refractivity contribution >= 4 is 33.3 Å². The molecule has 2 rings (SSSR count). The molecule has 1 aliphatic rings. The van der Waals surface area contributed by atoms with Gasteiger partial charge in [0.05, 0.1) is 22.1 Å². The third-order valence-corrected chi connectivity index (χ3v) is 6.26. The number of nitrogens with zero attached hydrogens (tertiary/aromatic N) is 1. The highest BCUT2D eigenvalue weighted by molar-refractivity contribution is 7.91. The minimum absolute atomic E-state index is 0.0325. The molecule has 1 N–H and O–H groups in total. The molecule has 1 unspecified atom stereocenters. The smallest absolute Gasteiger partial charge is 0.252 e. The van der Waals surface area contributed by atoms with Gasteiger partial charge in [0.1, 0.15) is 0 Å². The number of benzene rings is 1. The van der Waals surface area contributed by atoms with Gasteiger partial charge in [0.15, 0.2) is 9.84 Å². The maximum Gasteiger partial charge on any atom is 0.252 e. The molecule has 1 atom stereocenters. The highest BCUT2D eigenvalue weighted by atomic mass is 35.5. The Morgan fingerprint density at radius 2 is 2.04 bits per heavy atom. The normalized spacial score (nSPS) is 18.7. The topological polar surface area (TPSA) is 83.6 Å². The van der Waals surface area contributed by atoms with Crippen LogP contribution in [0.25, 0.3) is 0 Å². The molecule has 0 aliphatic carbocycles. The van der Waals surface area contributed by atoms with Gasteiger partial charge < -0.3 is 10.2 Å². The van der Waals surface area contributed by atoms with Crippen molar-refractivity contribution < 1.29 is 18.0 Å². The lowest BCUT2D eigenvalue weighted by Crippen LogP contribution is -2.42. The second kappa shape index (κ2) is 8.67. The Balaban J connectivity index is 1.89. The van der Waals surface area contributed by atoms with Crippen molar-refractivity contribution in [3.63, 3.8) is 0 Å². The van der Waals surface area contributed by atoms with E-state index >= 15 is 0 Å². The lowest BCUT2D eigenvalue weighted by atomic mass is 10.2. The quantitative estimate of drug-likeness (QED) is 0.775. The van der Waals surface area contributed by atoms with Gasteiger partial charge in [0.2, 0.25) is 5.91 Å². The summed E-state index contributed by atoms with van der Waals surface area (Å²) in [6, 6.07) is 6.45. The molecule has 0 spiro atoms. The lowest BCUT2D eigenvalue weighted by molar-refractivity contribution is -0.132. The Bertz CT molecular complexity index is 736. The van der Waals surface area contributed by atoms with Crippen molar-refractivity contribution in [1.82, 2.24) is 10.2 Å². The standard InChI is InChI=1S/C17H23ClN2O4S/c1-2-10-20(13-8-11-25(23,24)12-13)16(21)7-9-19-17(22)14-5-3-4-6-15(14)18/h3-6,13H,2,7-12H2,1H3,(H,19,22). The van der Waals surface area contributed by atoms with Crippen LogP contribution < -0.4 is 5.32 Å². The molecule has 6 nitrogen and oxygen atoms in total. The third-order valence-electron chi connectivity index (χ3n) is 4.18. The first-order valence-electron chi connectivity index (χ1n) is 8.36. The molecule has 1 saturated heterocycles. The maximum absolute atomic E-state index is 12.5. The van der Waals surface area contributed by atoms with E-state index < -0.39 is 9.84 Å². The zero-order valence-corrected chi connectivity index (χ0v) is 15.8. The van der Waals surface area contributed by atoms with E-state index in [0.717, 1.165) is 6.42 Å². The first-order chi connectivity index (χ1) is 11.8. The highest BCUT2D eigenvalue weighted by Crippen LogP contribution is 2.19. The lowest BCUT2D eigenvalue weighted by Gasteiger charge is -2.28. The number of amides is 2. The second-order valence-electron chi connectivity index (χ2n) is 6.13. The van der Waals surface area contributed by atoms with Crippen molar-refractivity contribution in [3.8, 4) is 0 Å². The van der Waals surface area contributed by atoms with Crippen LogP contribution in [0, 0.1) is 0 Å². The van der Waals surface area contributed by atoms with Gasteiger partial charge >= 0.3 is 0 Å². The number of sulfone groups is 1. The fourth-order valence-electron chi connectivity index (χ4n) is 2.94. The van der Waals surface area contributed by atoms with Gasteiger partial charge in [-0.3, -0.25) is 9.59 Å². The number of halogens is 1. The Labute approximate surface area is 153 Å². The Kier molecular flexibility index (Phi) is 6.84. The summed E-state index contributed by atoms with van der Waals surface area (Å²) in [6.07, 6.45) is 1.38. The predicted octanol–water partition coefficient (Wildman–Crippen LogP) is 1.89. The van der Waals surface area contributed by atoms with E-state index in [1.54, 1.807) is 29.2 Å².